The Morgan fingerprint density at radius 3 is 1.85 bits per heavy atom. The molecule has 0 saturated carbocycles. The second-order valence-corrected chi connectivity index (χ2v) is 15.8. The van der Waals surface area contributed by atoms with Gasteiger partial charge in [0.2, 0.25) is 0 Å². The predicted molar refractivity (Wildman–Crippen MR) is 236 cm³/mol. The molecule has 0 spiro atoms. The molecule has 1 unspecified atom stereocenters. The number of hydrogen-bond donors (Lipinski definition) is 3. The number of aryl methyl sites for hydroxylation is 3. The number of rotatable bonds is 18. The molecule has 3 aromatic rings. The SMILES string of the molecule is C=CC1=C(C)c2cc3[n-]c(cc4nc(cc5[n-]c(cc1n2)c(C)c5CCC(=O)O)C(CCC(=O)O)=C4C=O)c(C)c3C(O)CC/C=C(\C)CC/C=C(\C)CCC=C(C)C.[Fe+4]. The molecule has 8 bridgehead atoms. The molecule has 10 nitrogen and oxygen atoms in total. The van der Waals surface area contributed by atoms with Crippen molar-refractivity contribution in [3.8, 4) is 0 Å². The second-order valence-electron chi connectivity index (χ2n) is 15.8. The van der Waals surface area contributed by atoms with Crippen molar-refractivity contribution in [1.29, 1.82) is 0 Å². The van der Waals surface area contributed by atoms with Gasteiger partial charge >= 0.3 is 29.0 Å². The molecule has 0 radical (unpaired) electrons. The maximum atomic E-state index is 12.8. The van der Waals surface area contributed by atoms with E-state index in [0.717, 1.165) is 48.0 Å². The number of hydrogen-bond acceptors (Lipinski definition) is 6. The Bertz CT molecular complexity index is 2490. The monoisotopic (exact) mass is 852 g/mol. The van der Waals surface area contributed by atoms with Gasteiger partial charge in [-0.15, -0.1) is 22.1 Å². The van der Waals surface area contributed by atoms with Crippen LogP contribution in [-0.2, 0) is 37.9 Å². The third-order valence-corrected chi connectivity index (χ3v) is 11.1. The zero-order valence-electron chi connectivity index (χ0n) is 35.8. The summed E-state index contributed by atoms with van der Waals surface area (Å²) >= 11 is 0. The summed E-state index contributed by atoms with van der Waals surface area (Å²) < 4.78 is 0. The van der Waals surface area contributed by atoms with Crippen LogP contribution in [0.15, 0.2) is 71.9 Å². The molecule has 3 N–H and O–H groups in total. The minimum Gasteiger partial charge on any atom is -0.657 e. The van der Waals surface area contributed by atoms with Gasteiger partial charge in [0.15, 0.2) is 6.29 Å². The van der Waals surface area contributed by atoms with Gasteiger partial charge in [-0.05, 0) is 117 Å². The topological polar surface area (TPSA) is 166 Å². The van der Waals surface area contributed by atoms with E-state index >= 15 is 0 Å². The van der Waals surface area contributed by atoms with Gasteiger partial charge in [-0.2, -0.15) is 0 Å². The summed E-state index contributed by atoms with van der Waals surface area (Å²) in [7, 11) is 0. The Labute approximate surface area is 363 Å². The quantitative estimate of drug-likeness (QED) is 0.0637. The van der Waals surface area contributed by atoms with Crippen molar-refractivity contribution < 1.29 is 46.8 Å². The summed E-state index contributed by atoms with van der Waals surface area (Å²) in [6, 6.07) is 7.13. The number of nitrogens with zero attached hydrogens (tertiary/aromatic N) is 4. The van der Waals surface area contributed by atoms with Gasteiger partial charge in [-0.3, -0.25) is 14.4 Å². The molecule has 2 aliphatic heterocycles. The Morgan fingerprint density at radius 2 is 1.23 bits per heavy atom. The van der Waals surface area contributed by atoms with Crippen molar-refractivity contribution in [1.82, 2.24) is 19.9 Å². The van der Waals surface area contributed by atoms with Crippen LogP contribution in [0.25, 0.3) is 44.4 Å². The first kappa shape index (κ1) is 47.3. The van der Waals surface area contributed by atoms with Crippen molar-refractivity contribution in [2.45, 2.75) is 119 Å². The summed E-state index contributed by atoms with van der Waals surface area (Å²) in [5, 5.41) is 31.0. The van der Waals surface area contributed by atoms with Crippen LogP contribution in [-0.4, -0.2) is 43.5 Å². The van der Waals surface area contributed by atoms with Crippen molar-refractivity contribution >= 4 is 62.6 Å². The molecule has 2 aliphatic rings. The van der Waals surface area contributed by atoms with E-state index in [1.54, 1.807) is 18.2 Å². The molecule has 0 fully saturated rings. The number of carboxylic acids is 2. The average molecular weight is 853 g/mol. The molecule has 0 amide bonds. The van der Waals surface area contributed by atoms with Gasteiger partial charge in [-0.1, -0.05) is 88.6 Å². The Morgan fingerprint density at radius 1 is 0.700 bits per heavy atom. The number of carbonyl (C=O) groups is 3. The number of aldehydes is 1. The van der Waals surface area contributed by atoms with E-state index < -0.39 is 18.0 Å². The number of fused-ring (bicyclic) bond motifs is 8. The summed E-state index contributed by atoms with van der Waals surface area (Å²) in [6.45, 7) is 18.4. The zero-order valence-corrected chi connectivity index (χ0v) is 36.9. The number of aromatic nitrogens is 4. The maximum absolute atomic E-state index is 12.8. The van der Waals surface area contributed by atoms with E-state index in [1.165, 1.54) is 16.7 Å². The zero-order chi connectivity index (χ0) is 43.0. The Kier molecular flexibility index (Phi) is 16.8. The predicted octanol–water partition coefficient (Wildman–Crippen LogP) is 10.5. The van der Waals surface area contributed by atoms with Crippen LogP contribution in [0.2, 0.25) is 0 Å². The van der Waals surface area contributed by atoms with Crippen molar-refractivity contribution in [2.75, 3.05) is 0 Å². The minimum atomic E-state index is -1.02. The van der Waals surface area contributed by atoms with Crippen LogP contribution in [0.4, 0.5) is 0 Å². The van der Waals surface area contributed by atoms with Gasteiger partial charge in [0.05, 0.1) is 28.9 Å². The number of allylic oxidation sites excluding steroid dienone is 11. The molecular formula is C49H56FeN4O6+2. The molecule has 314 valence electrons. The molecule has 0 aliphatic carbocycles. The van der Waals surface area contributed by atoms with Gasteiger partial charge in [-0.25, -0.2) is 9.97 Å². The number of carboxylic acid groups (broad SMARTS) is 2. The van der Waals surface area contributed by atoms with E-state index in [0.29, 0.717) is 80.7 Å². The fourth-order valence-corrected chi connectivity index (χ4v) is 7.72. The van der Waals surface area contributed by atoms with Crippen molar-refractivity contribution in [2.24, 2.45) is 0 Å². The largest absolute Gasteiger partial charge is 4.00 e. The number of aliphatic hydroxyl groups excluding tert-OH is 1. The molecule has 0 saturated heterocycles. The molecule has 5 heterocycles. The summed E-state index contributed by atoms with van der Waals surface area (Å²) in [4.78, 5) is 56.0. The fraction of sp³-hybridized carbons (Fsp3) is 0.367. The number of carbonyl (C=O) groups excluding carboxylic acids is 1. The van der Waals surface area contributed by atoms with E-state index in [1.807, 2.05) is 32.9 Å². The molecule has 0 aromatic carbocycles. The van der Waals surface area contributed by atoms with Crippen molar-refractivity contribution in [3.05, 3.63) is 117 Å². The van der Waals surface area contributed by atoms with E-state index in [4.69, 9.17) is 19.9 Å². The van der Waals surface area contributed by atoms with E-state index in [2.05, 4.69) is 52.5 Å². The average Bonchev–Trinajstić information content (AvgIpc) is 3.85. The Hall–Kier alpha value is -5.35. The molecule has 11 heteroatoms. The van der Waals surface area contributed by atoms with Gasteiger partial charge in [0.25, 0.3) is 0 Å². The standard InChI is InChI=1S/C49H58N4O6.Fe/c1-9-34-31(6)39-25-45-49(46(55)18-12-17-30(5)16-11-15-29(4)14-10-13-28(2)3)33(8)40(52-45)24-44-37(27-54)36(20-22-48(58)59)43(53-44)26-42-35(19-21-47(56)57)32(7)38(51-42)23-41(34)50-39;/h9,13,15,17,23-27,46,55H,1,10-12,14,16,18-22H2,2-8H3,(H4,50,51,52,53,54,56,57,58,59);/q;+4/p-2/b29-15+,30-17+,38-23?,39-25?,40-24?,41-23?,42-26?,43-26?,44-24?,45-25?;. The van der Waals surface area contributed by atoms with E-state index in [9.17, 15) is 29.7 Å². The summed E-state index contributed by atoms with van der Waals surface area (Å²) in [5.41, 5.74) is 13.3. The second kappa shape index (κ2) is 21.3. The molecule has 3 aromatic heterocycles. The normalized spacial score (nSPS) is 13.6. The van der Waals surface area contributed by atoms with Crippen molar-refractivity contribution in [3.63, 3.8) is 0 Å². The molecule has 60 heavy (non-hydrogen) atoms. The first-order chi connectivity index (χ1) is 28.1. The van der Waals surface area contributed by atoms with Crippen LogP contribution >= 0.6 is 0 Å². The first-order valence-corrected chi connectivity index (χ1v) is 20.3. The smallest absolute Gasteiger partial charge is 0.657 e. The van der Waals surface area contributed by atoms with Crippen LogP contribution in [0, 0.1) is 13.8 Å². The minimum absolute atomic E-state index is 0. The third-order valence-electron chi connectivity index (χ3n) is 11.1. The van der Waals surface area contributed by atoms with Crippen LogP contribution in [0.1, 0.15) is 144 Å². The first-order valence-electron chi connectivity index (χ1n) is 20.3. The number of aliphatic carboxylic acids is 2. The van der Waals surface area contributed by atoms with Crippen LogP contribution in [0.3, 0.4) is 0 Å². The Balaban J connectivity index is 0.00000794. The molecule has 5 rings (SSSR count). The van der Waals surface area contributed by atoms with E-state index in [-0.39, 0.29) is 48.3 Å². The van der Waals surface area contributed by atoms with Gasteiger partial charge in [0, 0.05) is 24.0 Å². The van der Waals surface area contributed by atoms with Gasteiger partial charge in [0.1, 0.15) is 0 Å². The fourth-order valence-electron chi connectivity index (χ4n) is 7.72. The third kappa shape index (κ3) is 11.5. The van der Waals surface area contributed by atoms with Crippen LogP contribution in [0.5, 0.6) is 0 Å². The molecule has 1 atom stereocenters. The maximum Gasteiger partial charge on any atom is 4.00 e. The summed E-state index contributed by atoms with van der Waals surface area (Å²) in [5.74, 6) is -1.98. The molecular weight excluding hydrogens is 796 g/mol. The van der Waals surface area contributed by atoms with Crippen LogP contribution < -0.4 is 9.97 Å². The number of aliphatic hydroxyl groups is 1. The summed E-state index contributed by atoms with van der Waals surface area (Å²) in [6.07, 6.45) is 13.4. The van der Waals surface area contributed by atoms with Gasteiger partial charge < -0.3 is 25.3 Å².